The molecule has 0 aromatic heterocycles. The van der Waals surface area contributed by atoms with Gasteiger partial charge in [0, 0.05) is 58.4 Å². The lowest BCUT2D eigenvalue weighted by molar-refractivity contribution is -0.119. The number of carbonyl (C=O) groups excluding carboxylic acids is 2. The van der Waals surface area contributed by atoms with Crippen molar-refractivity contribution in [3.63, 3.8) is 0 Å². The Bertz CT molecular complexity index is 430. The largest absolute Gasteiger partial charge is 0.355 e. The highest BCUT2D eigenvalue weighted by Gasteiger charge is 1.91. The van der Waals surface area contributed by atoms with Gasteiger partial charge in [-0.05, 0) is 0 Å². The second-order valence-corrected chi connectivity index (χ2v) is 2.72. The van der Waals surface area contributed by atoms with Gasteiger partial charge in [0.2, 0.25) is 11.8 Å². The minimum atomic E-state index is -2.71. The number of amides is 2. The Morgan fingerprint density at radius 2 is 1.25 bits per heavy atom. The molecule has 0 heterocycles. The average Bonchev–Trinajstić information content (AvgIpc) is 2.31. The lowest BCUT2D eigenvalue weighted by atomic mass is 10.5. The molecule has 0 unspecified atom stereocenters. The fourth-order valence-corrected chi connectivity index (χ4v) is 0.577. The van der Waals surface area contributed by atoms with Crippen molar-refractivity contribution < 1.29 is 20.6 Å². The van der Waals surface area contributed by atoms with Crippen LogP contribution in [0.25, 0.3) is 0 Å². The van der Waals surface area contributed by atoms with Crippen LogP contribution in [0.1, 0.15) is 24.8 Å². The Labute approximate surface area is 108 Å². The van der Waals surface area contributed by atoms with Crippen molar-refractivity contribution in [3.05, 3.63) is 0 Å². The van der Waals surface area contributed by atoms with E-state index in [9.17, 15) is 9.59 Å². The smallest absolute Gasteiger partial charge is 0.216 e. The quantitative estimate of drug-likeness (QED) is 0.366. The first kappa shape index (κ1) is 5.97. The summed E-state index contributed by atoms with van der Waals surface area (Å²) in [6.07, 6.45) is 0. The maximum absolute atomic E-state index is 10.9. The van der Waals surface area contributed by atoms with Gasteiger partial charge in [-0.1, -0.05) is 0 Å². The number of hydrogen-bond acceptors (Lipinski definition) is 4. The van der Waals surface area contributed by atoms with Crippen LogP contribution in [-0.2, 0) is 9.59 Å². The summed E-state index contributed by atoms with van der Waals surface area (Å²) in [5.74, 6) is -1.52. The molecule has 0 aliphatic carbocycles. The van der Waals surface area contributed by atoms with E-state index in [1.807, 2.05) is 10.6 Å². The lowest BCUT2D eigenvalue weighted by Gasteiger charge is -2.07. The molecule has 0 fully saturated rings. The maximum atomic E-state index is 10.9. The molecule has 0 saturated carbocycles. The van der Waals surface area contributed by atoms with E-state index < -0.39 is 37.8 Å². The van der Waals surface area contributed by atoms with E-state index in [1.165, 1.54) is 0 Å². The SMILES string of the molecule is [2H]C([2H])(NCCNC([2H])([2H])C([2H])([2H])NC(C)=O)C([2H])([2H])NC(C)=O. The van der Waals surface area contributed by atoms with Gasteiger partial charge in [0.15, 0.2) is 0 Å². The molecule has 16 heavy (non-hydrogen) atoms. The number of nitrogens with one attached hydrogen (secondary N) is 4. The summed E-state index contributed by atoms with van der Waals surface area (Å²) < 4.78 is 60.3. The minimum absolute atomic E-state index is 0.276. The molecule has 0 aromatic carbocycles. The summed E-state index contributed by atoms with van der Waals surface area (Å²) >= 11 is 0. The third kappa shape index (κ3) is 12.9. The molecule has 0 aromatic rings. The van der Waals surface area contributed by atoms with Crippen LogP contribution in [0.3, 0.4) is 0 Å². The molecule has 6 nitrogen and oxygen atoms in total. The Kier molecular flexibility index (Phi) is 3.88. The first-order valence-electron chi connectivity index (χ1n) is 8.62. The highest BCUT2D eigenvalue weighted by Crippen LogP contribution is 1.64. The van der Waals surface area contributed by atoms with Crippen LogP contribution in [0.5, 0.6) is 0 Å². The van der Waals surface area contributed by atoms with Crippen LogP contribution in [0, 0.1) is 0 Å². The van der Waals surface area contributed by atoms with Gasteiger partial charge in [-0.25, -0.2) is 0 Å². The Morgan fingerprint density at radius 1 is 0.875 bits per heavy atom. The zero-order valence-electron chi connectivity index (χ0n) is 17.2. The fourth-order valence-electron chi connectivity index (χ4n) is 0.577. The zero-order valence-corrected chi connectivity index (χ0v) is 9.23. The number of carbonyl (C=O) groups is 2. The molecule has 0 radical (unpaired) electrons. The zero-order chi connectivity index (χ0) is 19.4. The van der Waals surface area contributed by atoms with E-state index in [0.717, 1.165) is 13.8 Å². The molecule has 0 rings (SSSR count). The Morgan fingerprint density at radius 3 is 1.56 bits per heavy atom. The van der Waals surface area contributed by atoms with Crippen molar-refractivity contribution >= 4 is 11.8 Å². The van der Waals surface area contributed by atoms with Crippen LogP contribution in [-0.4, -0.2) is 50.9 Å². The minimum Gasteiger partial charge on any atom is -0.355 e. The topological polar surface area (TPSA) is 82.3 Å². The Balaban J connectivity index is 4.61. The molecule has 0 bridgehead atoms. The summed E-state index contributed by atoms with van der Waals surface area (Å²) in [6, 6.07) is 0. The van der Waals surface area contributed by atoms with E-state index in [-0.39, 0.29) is 13.1 Å². The van der Waals surface area contributed by atoms with Crippen molar-refractivity contribution in [1.29, 1.82) is 0 Å². The van der Waals surface area contributed by atoms with E-state index in [1.54, 1.807) is 0 Å². The van der Waals surface area contributed by atoms with E-state index in [0.29, 0.717) is 0 Å². The van der Waals surface area contributed by atoms with Gasteiger partial charge >= 0.3 is 0 Å². The summed E-state index contributed by atoms with van der Waals surface area (Å²) in [5, 5.41) is 7.98. The summed E-state index contributed by atoms with van der Waals surface area (Å²) in [6.45, 7) is -9.19. The van der Waals surface area contributed by atoms with Crippen LogP contribution in [0.4, 0.5) is 0 Å². The second kappa shape index (κ2) is 10.4. The predicted molar refractivity (Wildman–Crippen MR) is 63.1 cm³/mol. The van der Waals surface area contributed by atoms with Gasteiger partial charge in [0.25, 0.3) is 0 Å². The molecular formula is C10H22N4O2. The molecule has 94 valence electrons. The molecule has 0 atom stereocenters. The third-order valence-corrected chi connectivity index (χ3v) is 1.15. The van der Waals surface area contributed by atoms with Gasteiger partial charge < -0.3 is 21.3 Å². The monoisotopic (exact) mass is 238 g/mol. The first-order valence-corrected chi connectivity index (χ1v) is 4.62. The van der Waals surface area contributed by atoms with Gasteiger partial charge in [-0.3, -0.25) is 9.59 Å². The van der Waals surface area contributed by atoms with Gasteiger partial charge in [0.1, 0.15) is 0 Å². The molecule has 0 aliphatic heterocycles. The molecule has 2 amide bonds. The van der Waals surface area contributed by atoms with Crippen molar-refractivity contribution in [3.8, 4) is 0 Å². The maximum Gasteiger partial charge on any atom is 0.216 e. The van der Waals surface area contributed by atoms with E-state index in [4.69, 9.17) is 11.0 Å². The van der Waals surface area contributed by atoms with Crippen molar-refractivity contribution in [2.24, 2.45) is 0 Å². The average molecular weight is 238 g/mol. The molecule has 0 spiro atoms. The molecule has 0 saturated heterocycles. The summed E-state index contributed by atoms with van der Waals surface area (Å²) in [4.78, 5) is 21.8. The summed E-state index contributed by atoms with van der Waals surface area (Å²) in [5.41, 5.74) is 0. The molecule has 4 N–H and O–H groups in total. The predicted octanol–water partition coefficient (Wildman–Crippen LogP) is -1.56. The van der Waals surface area contributed by atoms with Crippen LogP contribution in [0.15, 0.2) is 0 Å². The first-order chi connectivity index (χ1) is 10.5. The standard InChI is InChI=1S/C10H22N4O2/c1-9(15)13-7-5-11-3-4-12-6-8-14-10(2)16/h11-12H,3-8H2,1-2H3,(H,13,15)(H,14,16)/i5D2,6D2,7D2,8D2. The number of hydrogen-bond donors (Lipinski definition) is 4. The fraction of sp³-hybridized carbons (Fsp3) is 0.800. The van der Waals surface area contributed by atoms with Gasteiger partial charge in [-0.2, -0.15) is 0 Å². The van der Waals surface area contributed by atoms with E-state index in [2.05, 4.69) is 10.6 Å². The normalized spacial score (nSPS) is 20.9. The lowest BCUT2D eigenvalue weighted by Crippen LogP contribution is -2.36. The van der Waals surface area contributed by atoms with E-state index >= 15 is 0 Å². The third-order valence-electron chi connectivity index (χ3n) is 1.15. The highest BCUT2D eigenvalue weighted by molar-refractivity contribution is 5.73. The second-order valence-electron chi connectivity index (χ2n) is 2.72. The van der Waals surface area contributed by atoms with Crippen molar-refractivity contribution in [2.75, 3.05) is 39.1 Å². The van der Waals surface area contributed by atoms with Gasteiger partial charge in [0.05, 0.1) is 5.48 Å². The van der Waals surface area contributed by atoms with Gasteiger partial charge in [-0.15, -0.1) is 0 Å². The van der Waals surface area contributed by atoms with Crippen molar-refractivity contribution in [2.45, 2.75) is 13.8 Å². The molecular weight excluding hydrogens is 208 g/mol. The highest BCUT2D eigenvalue weighted by atomic mass is 16.2. The number of rotatable bonds is 9. The molecule has 0 aliphatic rings. The summed E-state index contributed by atoms with van der Waals surface area (Å²) in [7, 11) is 0. The van der Waals surface area contributed by atoms with Crippen LogP contribution in [0.2, 0.25) is 0 Å². The molecule has 6 heteroatoms. The van der Waals surface area contributed by atoms with Crippen LogP contribution < -0.4 is 21.3 Å². The van der Waals surface area contributed by atoms with Crippen LogP contribution >= 0.6 is 0 Å². The van der Waals surface area contributed by atoms with Crippen molar-refractivity contribution in [1.82, 2.24) is 21.3 Å². The Hall–Kier alpha value is -1.14.